The molecule has 0 unspecified atom stereocenters. The third kappa shape index (κ3) is 2.71. The van der Waals surface area contributed by atoms with E-state index in [9.17, 15) is 18.0 Å². The molecule has 2 nitrogen and oxygen atoms in total. The zero-order chi connectivity index (χ0) is 11.6. The number of anilines is 1. The molecule has 15 heavy (non-hydrogen) atoms. The molecule has 1 aromatic carbocycles. The smallest absolute Gasteiger partial charge is 0.318 e. The molecular weight excluding hydrogens is 207 g/mol. The third-order valence-electron chi connectivity index (χ3n) is 1.98. The zero-order valence-electron chi connectivity index (χ0n) is 8.27. The van der Waals surface area contributed by atoms with Gasteiger partial charge in [0, 0.05) is 5.69 Å². The van der Waals surface area contributed by atoms with Gasteiger partial charge < -0.3 is 5.32 Å². The number of para-hydroxylation sites is 1. The quantitative estimate of drug-likeness (QED) is 0.769. The third-order valence-corrected chi connectivity index (χ3v) is 1.98. The van der Waals surface area contributed by atoms with Gasteiger partial charge in [0.1, 0.15) is 0 Å². The first kappa shape index (κ1) is 11.6. The van der Waals surface area contributed by atoms with Crippen LogP contribution in [0, 0.1) is 13.8 Å². The van der Waals surface area contributed by atoms with Gasteiger partial charge in [-0.3, -0.25) is 4.79 Å². The summed E-state index contributed by atoms with van der Waals surface area (Å²) in [5, 5.41) is 1.85. The second-order valence-corrected chi connectivity index (χ2v) is 3.22. The Morgan fingerprint density at radius 2 is 1.67 bits per heavy atom. The van der Waals surface area contributed by atoms with Gasteiger partial charge in [-0.05, 0) is 25.0 Å². The van der Waals surface area contributed by atoms with Crippen molar-refractivity contribution >= 4 is 11.6 Å². The summed E-state index contributed by atoms with van der Waals surface area (Å²) < 4.78 is 36.0. The van der Waals surface area contributed by atoms with Crippen molar-refractivity contribution < 1.29 is 18.0 Å². The maximum atomic E-state index is 12.0. The van der Waals surface area contributed by atoms with E-state index in [-0.39, 0.29) is 5.69 Å². The highest BCUT2D eigenvalue weighted by Gasteiger charge is 2.38. The van der Waals surface area contributed by atoms with E-state index in [1.54, 1.807) is 32.0 Å². The number of aryl methyl sites for hydroxylation is 2. The van der Waals surface area contributed by atoms with Gasteiger partial charge in [0.15, 0.2) is 0 Å². The van der Waals surface area contributed by atoms with E-state index in [4.69, 9.17) is 0 Å². The van der Waals surface area contributed by atoms with E-state index >= 15 is 0 Å². The van der Waals surface area contributed by atoms with Gasteiger partial charge in [-0.2, -0.15) is 13.2 Å². The van der Waals surface area contributed by atoms with E-state index in [0.29, 0.717) is 11.1 Å². The highest BCUT2D eigenvalue weighted by molar-refractivity contribution is 5.96. The monoisotopic (exact) mass is 217 g/mol. The molecule has 0 saturated heterocycles. The normalized spacial score (nSPS) is 11.3. The summed E-state index contributed by atoms with van der Waals surface area (Å²) in [5.41, 5.74) is 1.43. The first-order valence-electron chi connectivity index (χ1n) is 4.27. The lowest BCUT2D eigenvalue weighted by molar-refractivity contribution is -0.167. The molecule has 0 saturated carbocycles. The van der Waals surface area contributed by atoms with E-state index in [1.165, 1.54) is 0 Å². The summed E-state index contributed by atoms with van der Waals surface area (Å²) in [6.07, 6.45) is -4.85. The molecule has 0 aliphatic heterocycles. The highest BCUT2D eigenvalue weighted by atomic mass is 19.4. The van der Waals surface area contributed by atoms with Crippen molar-refractivity contribution in [3.8, 4) is 0 Å². The van der Waals surface area contributed by atoms with Crippen LogP contribution in [0.25, 0.3) is 0 Å². The van der Waals surface area contributed by atoms with Crippen LogP contribution in [0.1, 0.15) is 11.1 Å². The highest BCUT2D eigenvalue weighted by Crippen LogP contribution is 2.23. The Hall–Kier alpha value is -1.52. The fourth-order valence-corrected chi connectivity index (χ4v) is 1.20. The first-order chi connectivity index (χ1) is 6.82. The Labute approximate surface area is 85.1 Å². The minimum absolute atomic E-state index is 0.222. The average molecular weight is 217 g/mol. The van der Waals surface area contributed by atoms with Gasteiger partial charge in [-0.25, -0.2) is 0 Å². The van der Waals surface area contributed by atoms with Crippen LogP contribution < -0.4 is 5.32 Å². The first-order valence-corrected chi connectivity index (χ1v) is 4.27. The number of nitrogens with one attached hydrogen (secondary N) is 1. The summed E-state index contributed by atoms with van der Waals surface area (Å²) in [6.45, 7) is 3.28. The summed E-state index contributed by atoms with van der Waals surface area (Å²) in [5.74, 6) is -1.94. The van der Waals surface area contributed by atoms with Gasteiger partial charge in [-0.1, -0.05) is 18.2 Å². The summed E-state index contributed by atoms with van der Waals surface area (Å²) in [7, 11) is 0. The maximum absolute atomic E-state index is 12.0. The molecular formula is C10H10F3NO. The van der Waals surface area contributed by atoms with Crippen LogP contribution in [0.15, 0.2) is 18.2 Å². The molecule has 0 fully saturated rings. The lowest BCUT2D eigenvalue weighted by Gasteiger charge is -2.12. The summed E-state index contributed by atoms with van der Waals surface area (Å²) in [6, 6.07) is 4.99. The van der Waals surface area contributed by atoms with E-state index < -0.39 is 12.1 Å². The van der Waals surface area contributed by atoms with Crippen LogP contribution in [0.4, 0.5) is 18.9 Å². The van der Waals surface area contributed by atoms with E-state index in [0.717, 1.165) is 0 Å². The molecule has 1 rings (SSSR count). The second kappa shape index (κ2) is 3.92. The van der Waals surface area contributed by atoms with Crippen LogP contribution in [0.3, 0.4) is 0 Å². The number of amides is 1. The molecule has 5 heteroatoms. The molecule has 0 atom stereocenters. The standard InChI is InChI=1S/C10H10F3NO/c1-6-4-3-5-7(2)8(6)14-9(15)10(11,12)13/h3-5H,1-2H3,(H,14,15). The number of hydrogen-bond acceptors (Lipinski definition) is 1. The average Bonchev–Trinajstić information content (AvgIpc) is 2.09. The van der Waals surface area contributed by atoms with E-state index in [2.05, 4.69) is 0 Å². The lowest BCUT2D eigenvalue weighted by Crippen LogP contribution is -2.30. The number of benzene rings is 1. The molecule has 0 aliphatic carbocycles. The van der Waals surface area contributed by atoms with Gasteiger partial charge in [0.25, 0.3) is 0 Å². The topological polar surface area (TPSA) is 29.1 Å². The van der Waals surface area contributed by atoms with Crippen LogP contribution in [0.2, 0.25) is 0 Å². The largest absolute Gasteiger partial charge is 0.471 e. The van der Waals surface area contributed by atoms with Crippen molar-refractivity contribution in [2.75, 3.05) is 5.32 Å². The van der Waals surface area contributed by atoms with E-state index in [1.807, 2.05) is 5.32 Å². The number of hydrogen-bond donors (Lipinski definition) is 1. The summed E-state index contributed by atoms with van der Waals surface area (Å²) >= 11 is 0. The van der Waals surface area contributed by atoms with Gasteiger partial charge in [0.05, 0.1) is 0 Å². The predicted molar refractivity (Wildman–Crippen MR) is 50.6 cm³/mol. The predicted octanol–water partition coefficient (Wildman–Crippen LogP) is 2.80. The number of alkyl halides is 3. The van der Waals surface area contributed by atoms with Crippen LogP contribution in [-0.4, -0.2) is 12.1 Å². The Morgan fingerprint density at radius 1 is 1.20 bits per heavy atom. The molecule has 0 spiro atoms. The molecule has 1 aromatic rings. The van der Waals surface area contributed by atoms with Crippen LogP contribution in [-0.2, 0) is 4.79 Å². The lowest BCUT2D eigenvalue weighted by atomic mass is 10.1. The molecule has 0 heterocycles. The second-order valence-electron chi connectivity index (χ2n) is 3.22. The zero-order valence-corrected chi connectivity index (χ0v) is 8.27. The van der Waals surface area contributed by atoms with Crippen LogP contribution in [0.5, 0.6) is 0 Å². The minimum atomic E-state index is -4.85. The van der Waals surface area contributed by atoms with Gasteiger partial charge in [-0.15, -0.1) is 0 Å². The molecule has 0 aliphatic rings. The van der Waals surface area contributed by atoms with Crippen molar-refractivity contribution in [1.82, 2.24) is 0 Å². The number of halogens is 3. The van der Waals surface area contributed by atoms with Crippen molar-refractivity contribution in [1.29, 1.82) is 0 Å². The van der Waals surface area contributed by atoms with Crippen molar-refractivity contribution in [2.24, 2.45) is 0 Å². The van der Waals surface area contributed by atoms with Crippen molar-refractivity contribution in [3.05, 3.63) is 29.3 Å². The molecule has 0 aromatic heterocycles. The number of carbonyl (C=O) groups excluding carboxylic acids is 1. The maximum Gasteiger partial charge on any atom is 0.471 e. The number of rotatable bonds is 1. The van der Waals surface area contributed by atoms with Gasteiger partial charge in [0.2, 0.25) is 0 Å². The van der Waals surface area contributed by atoms with Crippen LogP contribution >= 0.6 is 0 Å². The van der Waals surface area contributed by atoms with Crippen molar-refractivity contribution in [3.63, 3.8) is 0 Å². The molecule has 82 valence electrons. The van der Waals surface area contributed by atoms with Gasteiger partial charge >= 0.3 is 12.1 Å². The fraction of sp³-hybridized carbons (Fsp3) is 0.300. The molecule has 0 radical (unpaired) electrons. The Kier molecular flexibility index (Phi) is 3.02. The summed E-state index contributed by atoms with van der Waals surface area (Å²) in [4.78, 5) is 10.7. The minimum Gasteiger partial charge on any atom is -0.318 e. The molecule has 0 bridgehead atoms. The number of carbonyl (C=O) groups is 1. The molecule has 1 N–H and O–H groups in total. The molecule has 1 amide bonds. The Morgan fingerprint density at radius 3 is 2.07 bits per heavy atom. The SMILES string of the molecule is Cc1cccc(C)c1NC(=O)C(F)(F)F. The Balaban J connectivity index is 2.95. The van der Waals surface area contributed by atoms with Crippen molar-refractivity contribution in [2.45, 2.75) is 20.0 Å². The fourth-order valence-electron chi connectivity index (χ4n) is 1.20. The Bertz CT molecular complexity index is 364.